The van der Waals surface area contributed by atoms with Crippen LogP contribution in [0.3, 0.4) is 0 Å². The molecule has 1 aromatic carbocycles. The van der Waals surface area contributed by atoms with Gasteiger partial charge in [-0.3, -0.25) is 0 Å². The SMILES string of the molecule is Cc1onc2c(Br)cc(Br)cc12. The highest BCUT2D eigenvalue weighted by Crippen LogP contribution is 2.29. The number of hydrogen-bond acceptors (Lipinski definition) is 2. The third-order valence-electron chi connectivity index (χ3n) is 1.68. The Kier molecular flexibility index (Phi) is 1.96. The molecule has 1 aromatic heterocycles. The normalized spacial score (nSPS) is 10.9. The minimum atomic E-state index is 0.840. The molecule has 0 N–H and O–H groups in total. The van der Waals surface area contributed by atoms with Crippen LogP contribution in [0.2, 0.25) is 0 Å². The predicted molar refractivity (Wildman–Crippen MR) is 54.1 cm³/mol. The van der Waals surface area contributed by atoms with E-state index in [-0.39, 0.29) is 0 Å². The highest BCUT2D eigenvalue weighted by molar-refractivity contribution is 9.11. The first-order chi connectivity index (χ1) is 5.68. The second-order valence-electron chi connectivity index (χ2n) is 2.52. The summed E-state index contributed by atoms with van der Waals surface area (Å²) in [6.45, 7) is 1.90. The van der Waals surface area contributed by atoms with E-state index in [2.05, 4.69) is 37.0 Å². The summed E-state index contributed by atoms with van der Waals surface area (Å²) in [5.41, 5.74) is 0.871. The van der Waals surface area contributed by atoms with E-state index in [0.717, 1.165) is 25.6 Å². The van der Waals surface area contributed by atoms with Gasteiger partial charge in [-0.1, -0.05) is 21.1 Å². The fourth-order valence-electron chi connectivity index (χ4n) is 1.09. The zero-order valence-electron chi connectivity index (χ0n) is 6.27. The standard InChI is InChI=1S/C8H5Br2NO/c1-4-6-2-5(9)3-7(10)8(6)11-12-4/h2-3H,1H3. The summed E-state index contributed by atoms with van der Waals surface area (Å²) in [6, 6.07) is 3.94. The van der Waals surface area contributed by atoms with Gasteiger partial charge in [0.15, 0.2) is 0 Å². The highest BCUT2D eigenvalue weighted by Gasteiger charge is 2.07. The molecule has 0 bridgehead atoms. The average molecular weight is 291 g/mol. The number of rotatable bonds is 0. The number of benzene rings is 1. The number of fused-ring (bicyclic) bond motifs is 1. The molecule has 2 nitrogen and oxygen atoms in total. The third kappa shape index (κ3) is 1.19. The predicted octanol–water partition coefficient (Wildman–Crippen LogP) is 3.66. The van der Waals surface area contributed by atoms with Crippen molar-refractivity contribution in [2.45, 2.75) is 6.92 Å². The first kappa shape index (κ1) is 8.26. The fraction of sp³-hybridized carbons (Fsp3) is 0.125. The molecule has 0 amide bonds. The molecule has 62 valence electrons. The summed E-state index contributed by atoms with van der Waals surface area (Å²) in [7, 11) is 0. The minimum Gasteiger partial charge on any atom is -0.360 e. The maximum atomic E-state index is 5.05. The fourth-order valence-corrected chi connectivity index (χ4v) is 2.39. The Bertz CT molecular complexity index is 436. The summed E-state index contributed by atoms with van der Waals surface area (Å²) in [6.07, 6.45) is 0. The molecule has 2 aromatic rings. The van der Waals surface area contributed by atoms with Crippen LogP contribution < -0.4 is 0 Å². The molecule has 0 atom stereocenters. The van der Waals surface area contributed by atoms with E-state index in [0.29, 0.717) is 0 Å². The first-order valence-electron chi connectivity index (χ1n) is 3.39. The van der Waals surface area contributed by atoms with Crippen molar-refractivity contribution >= 4 is 42.8 Å². The van der Waals surface area contributed by atoms with Crippen LogP contribution in [0.1, 0.15) is 5.76 Å². The van der Waals surface area contributed by atoms with Crippen molar-refractivity contribution in [1.82, 2.24) is 5.16 Å². The lowest BCUT2D eigenvalue weighted by molar-refractivity contribution is 0.405. The molecule has 0 saturated carbocycles. The highest BCUT2D eigenvalue weighted by atomic mass is 79.9. The second kappa shape index (κ2) is 2.85. The number of nitrogens with zero attached hydrogens (tertiary/aromatic N) is 1. The molecule has 12 heavy (non-hydrogen) atoms. The van der Waals surface area contributed by atoms with Gasteiger partial charge in [-0.05, 0) is 35.0 Å². The lowest BCUT2D eigenvalue weighted by Crippen LogP contribution is -1.72. The monoisotopic (exact) mass is 289 g/mol. The number of aromatic nitrogens is 1. The molecular formula is C8H5Br2NO. The summed E-state index contributed by atoms with van der Waals surface area (Å²) in [5, 5.41) is 4.95. The van der Waals surface area contributed by atoms with Gasteiger partial charge in [0.1, 0.15) is 11.3 Å². The molecule has 0 radical (unpaired) electrons. The van der Waals surface area contributed by atoms with Gasteiger partial charge in [-0.25, -0.2) is 0 Å². The summed E-state index contributed by atoms with van der Waals surface area (Å²) >= 11 is 6.81. The zero-order chi connectivity index (χ0) is 8.72. The Morgan fingerprint density at radius 3 is 2.83 bits per heavy atom. The Morgan fingerprint density at radius 2 is 2.08 bits per heavy atom. The van der Waals surface area contributed by atoms with Crippen LogP contribution in [0.25, 0.3) is 10.9 Å². The maximum absolute atomic E-state index is 5.05. The third-order valence-corrected chi connectivity index (χ3v) is 2.74. The Hall–Kier alpha value is -0.350. The Labute approximate surface area is 86.2 Å². The second-order valence-corrected chi connectivity index (χ2v) is 4.29. The molecule has 0 aliphatic heterocycles. The molecule has 0 fully saturated rings. The van der Waals surface area contributed by atoms with Crippen molar-refractivity contribution in [1.29, 1.82) is 0 Å². The van der Waals surface area contributed by atoms with Gasteiger partial charge in [-0.15, -0.1) is 0 Å². The lowest BCUT2D eigenvalue weighted by atomic mass is 10.2. The van der Waals surface area contributed by atoms with Crippen molar-refractivity contribution in [3.63, 3.8) is 0 Å². The van der Waals surface area contributed by atoms with Crippen LogP contribution in [-0.2, 0) is 0 Å². The van der Waals surface area contributed by atoms with E-state index in [9.17, 15) is 0 Å². The van der Waals surface area contributed by atoms with Crippen molar-refractivity contribution in [3.05, 3.63) is 26.8 Å². The lowest BCUT2D eigenvalue weighted by Gasteiger charge is -1.93. The van der Waals surface area contributed by atoms with Gasteiger partial charge in [0, 0.05) is 14.3 Å². The van der Waals surface area contributed by atoms with Crippen molar-refractivity contribution in [3.8, 4) is 0 Å². The quantitative estimate of drug-likeness (QED) is 0.740. The van der Waals surface area contributed by atoms with Crippen LogP contribution in [0.15, 0.2) is 25.6 Å². The molecule has 0 saturated heterocycles. The maximum Gasteiger partial charge on any atom is 0.141 e. The van der Waals surface area contributed by atoms with Gasteiger partial charge < -0.3 is 4.52 Å². The van der Waals surface area contributed by atoms with E-state index >= 15 is 0 Å². The van der Waals surface area contributed by atoms with Gasteiger partial charge in [0.05, 0.1) is 0 Å². The molecule has 0 aliphatic rings. The topological polar surface area (TPSA) is 26.0 Å². The number of hydrogen-bond donors (Lipinski definition) is 0. The summed E-state index contributed by atoms with van der Waals surface area (Å²) in [5.74, 6) is 0.840. The van der Waals surface area contributed by atoms with Crippen molar-refractivity contribution < 1.29 is 4.52 Å². The molecule has 0 aliphatic carbocycles. The van der Waals surface area contributed by atoms with E-state index in [4.69, 9.17) is 4.52 Å². The van der Waals surface area contributed by atoms with Crippen molar-refractivity contribution in [2.75, 3.05) is 0 Å². The Balaban J connectivity index is 2.92. The molecular weight excluding hydrogens is 286 g/mol. The van der Waals surface area contributed by atoms with Gasteiger partial charge in [0.25, 0.3) is 0 Å². The summed E-state index contributed by atoms with van der Waals surface area (Å²) < 4.78 is 7.02. The molecule has 2 rings (SSSR count). The average Bonchev–Trinajstić information content (AvgIpc) is 2.33. The largest absolute Gasteiger partial charge is 0.360 e. The van der Waals surface area contributed by atoms with E-state index in [1.165, 1.54) is 0 Å². The minimum absolute atomic E-state index is 0.840. The van der Waals surface area contributed by atoms with E-state index in [1.807, 2.05) is 19.1 Å². The molecule has 4 heteroatoms. The van der Waals surface area contributed by atoms with Crippen LogP contribution in [0.4, 0.5) is 0 Å². The summed E-state index contributed by atoms with van der Waals surface area (Å²) in [4.78, 5) is 0. The van der Waals surface area contributed by atoms with Crippen LogP contribution >= 0.6 is 31.9 Å². The molecule has 0 unspecified atom stereocenters. The van der Waals surface area contributed by atoms with E-state index < -0.39 is 0 Å². The van der Waals surface area contributed by atoms with E-state index in [1.54, 1.807) is 0 Å². The Morgan fingerprint density at radius 1 is 1.33 bits per heavy atom. The van der Waals surface area contributed by atoms with Crippen LogP contribution in [0, 0.1) is 6.92 Å². The van der Waals surface area contributed by atoms with Gasteiger partial charge in [-0.2, -0.15) is 0 Å². The molecule has 1 heterocycles. The first-order valence-corrected chi connectivity index (χ1v) is 4.98. The van der Waals surface area contributed by atoms with Crippen LogP contribution in [-0.4, -0.2) is 5.16 Å². The molecule has 0 spiro atoms. The van der Waals surface area contributed by atoms with Crippen molar-refractivity contribution in [2.24, 2.45) is 0 Å². The number of halogens is 2. The van der Waals surface area contributed by atoms with Gasteiger partial charge >= 0.3 is 0 Å². The number of aryl methyl sites for hydroxylation is 1. The van der Waals surface area contributed by atoms with Gasteiger partial charge in [0.2, 0.25) is 0 Å². The smallest absolute Gasteiger partial charge is 0.141 e. The zero-order valence-corrected chi connectivity index (χ0v) is 9.44. The van der Waals surface area contributed by atoms with Crippen LogP contribution in [0.5, 0.6) is 0 Å².